The predicted molar refractivity (Wildman–Crippen MR) is 98.7 cm³/mol. The van der Waals surface area contributed by atoms with Crippen LogP contribution in [0.4, 0.5) is 4.39 Å². The van der Waals surface area contributed by atoms with Crippen molar-refractivity contribution in [1.29, 1.82) is 0 Å². The Kier molecular flexibility index (Phi) is 6.31. The zero-order valence-electron chi connectivity index (χ0n) is 14.3. The van der Waals surface area contributed by atoms with Crippen LogP contribution in [0.25, 0.3) is 0 Å². The number of halogens is 3. The fourth-order valence-corrected chi connectivity index (χ4v) is 2.83. The Bertz CT molecular complexity index is 748. The molecular formula is C19H20Cl2FNO2. The van der Waals surface area contributed by atoms with Crippen molar-refractivity contribution in [3.63, 3.8) is 0 Å². The van der Waals surface area contributed by atoms with E-state index < -0.39 is 11.6 Å². The Morgan fingerprint density at radius 2 is 1.84 bits per heavy atom. The van der Waals surface area contributed by atoms with Crippen LogP contribution in [-0.2, 0) is 10.3 Å². The monoisotopic (exact) mass is 383 g/mol. The van der Waals surface area contributed by atoms with Gasteiger partial charge in [-0.2, -0.15) is 0 Å². The van der Waals surface area contributed by atoms with Gasteiger partial charge in [-0.05, 0) is 56.2 Å². The molecule has 1 unspecified atom stereocenters. The first-order chi connectivity index (χ1) is 11.7. The van der Waals surface area contributed by atoms with Crippen molar-refractivity contribution in [3.05, 3.63) is 63.9 Å². The molecule has 0 heterocycles. The second-order valence-electron chi connectivity index (χ2n) is 6.21. The molecule has 0 fully saturated rings. The molecule has 0 saturated carbocycles. The molecule has 0 aliphatic heterocycles. The molecule has 2 aromatic rings. The fourth-order valence-electron chi connectivity index (χ4n) is 2.37. The Labute approximate surface area is 157 Å². The molecule has 0 aromatic heterocycles. The number of carbonyl (C=O) groups excluding carboxylic acids is 1. The summed E-state index contributed by atoms with van der Waals surface area (Å²) >= 11 is 12.0. The van der Waals surface area contributed by atoms with Crippen LogP contribution in [0.1, 0.15) is 32.8 Å². The molecule has 0 radical (unpaired) electrons. The number of amides is 1. The molecule has 0 saturated heterocycles. The van der Waals surface area contributed by atoms with Crippen LogP contribution < -0.4 is 10.1 Å². The lowest BCUT2D eigenvalue weighted by atomic mass is 9.94. The minimum atomic E-state index is -0.710. The topological polar surface area (TPSA) is 38.3 Å². The number of ether oxygens (including phenoxy) is 1. The smallest absolute Gasteiger partial charge is 0.261 e. The summed E-state index contributed by atoms with van der Waals surface area (Å²) in [6.45, 7) is 5.54. The Morgan fingerprint density at radius 3 is 2.40 bits per heavy atom. The highest BCUT2D eigenvalue weighted by molar-refractivity contribution is 6.35. The Hall–Kier alpha value is -1.78. The molecule has 2 rings (SSSR count). The molecule has 0 aliphatic carbocycles. The molecule has 0 bridgehead atoms. The highest BCUT2D eigenvalue weighted by Gasteiger charge is 2.28. The summed E-state index contributed by atoms with van der Waals surface area (Å²) in [4.78, 5) is 12.6. The number of hydrogen-bond acceptors (Lipinski definition) is 2. The maximum atomic E-state index is 13.1. The van der Waals surface area contributed by atoms with Crippen LogP contribution in [0.15, 0.2) is 42.5 Å². The quantitative estimate of drug-likeness (QED) is 0.730. The van der Waals surface area contributed by atoms with Crippen molar-refractivity contribution < 1.29 is 13.9 Å². The number of rotatable bonds is 6. The number of hydrogen-bond donors (Lipinski definition) is 1. The first-order valence-corrected chi connectivity index (χ1v) is 8.68. The normalized spacial score (nSPS) is 12.6. The van der Waals surface area contributed by atoms with Crippen molar-refractivity contribution in [3.8, 4) is 5.75 Å². The predicted octanol–water partition coefficient (Wildman–Crippen LogP) is 5.34. The fraction of sp³-hybridized carbons (Fsp3) is 0.316. The zero-order valence-corrected chi connectivity index (χ0v) is 15.8. The molecule has 1 N–H and O–H groups in total. The first-order valence-electron chi connectivity index (χ1n) is 7.92. The van der Waals surface area contributed by atoms with E-state index in [1.807, 2.05) is 20.8 Å². The molecule has 25 heavy (non-hydrogen) atoms. The van der Waals surface area contributed by atoms with E-state index in [1.54, 1.807) is 30.3 Å². The molecule has 0 aliphatic rings. The standard InChI is InChI=1S/C19H20Cl2FNO2/c1-4-16(25-17-10-7-13(20)11-15(17)21)18(24)23-19(2,3)12-5-8-14(22)9-6-12/h5-11,16H,4H2,1-3H3,(H,23,24). The third-order valence-electron chi connectivity index (χ3n) is 3.83. The van der Waals surface area contributed by atoms with Gasteiger partial charge in [0.1, 0.15) is 11.6 Å². The second-order valence-corrected chi connectivity index (χ2v) is 7.05. The summed E-state index contributed by atoms with van der Waals surface area (Å²) in [7, 11) is 0. The van der Waals surface area contributed by atoms with E-state index in [9.17, 15) is 9.18 Å². The lowest BCUT2D eigenvalue weighted by Crippen LogP contribution is -2.47. The van der Waals surface area contributed by atoms with Crippen LogP contribution in [-0.4, -0.2) is 12.0 Å². The van der Waals surface area contributed by atoms with Gasteiger partial charge in [0.05, 0.1) is 10.6 Å². The van der Waals surface area contributed by atoms with E-state index in [4.69, 9.17) is 27.9 Å². The molecular weight excluding hydrogens is 364 g/mol. The van der Waals surface area contributed by atoms with Gasteiger partial charge in [-0.1, -0.05) is 42.3 Å². The maximum Gasteiger partial charge on any atom is 0.261 e. The van der Waals surface area contributed by atoms with E-state index in [2.05, 4.69) is 5.32 Å². The van der Waals surface area contributed by atoms with Crippen LogP contribution in [0.5, 0.6) is 5.75 Å². The van der Waals surface area contributed by atoms with Gasteiger partial charge in [-0.3, -0.25) is 4.79 Å². The summed E-state index contributed by atoms with van der Waals surface area (Å²) in [6, 6.07) is 10.9. The molecule has 1 amide bonds. The van der Waals surface area contributed by atoms with Gasteiger partial charge in [0.25, 0.3) is 5.91 Å². The summed E-state index contributed by atoms with van der Waals surface area (Å²) in [5.41, 5.74) is 0.118. The number of benzene rings is 2. The van der Waals surface area contributed by atoms with Gasteiger partial charge in [-0.15, -0.1) is 0 Å². The molecule has 2 aromatic carbocycles. The Balaban J connectivity index is 2.12. The highest BCUT2D eigenvalue weighted by atomic mass is 35.5. The van der Waals surface area contributed by atoms with Crippen molar-refractivity contribution in [2.75, 3.05) is 0 Å². The first kappa shape index (κ1) is 19.5. The summed E-state index contributed by atoms with van der Waals surface area (Å²) in [5, 5.41) is 3.78. The van der Waals surface area contributed by atoms with Crippen molar-refractivity contribution >= 4 is 29.1 Å². The molecule has 1 atom stereocenters. The largest absolute Gasteiger partial charge is 0.479 e. The minimum absolute atomic E-state index is 0.275. The zero-order chi connectivity index (χ0) is 18.6. The summed E-state index contributed by atoms with van der Waals surface area (Å²) in [6.07, 6.45) is -0.247. The van der Waals surface area contributed by atoms with Gasteiger partial charge in [0, 0.05) is 5.02 Å². The van der Waals surface area contributed by atoms with Crippen molar-refractivity contribution in [2.45, 2.75) is 38.8 Å². The highest BCUT2D eigenvalue weighted by Crippen LogP contribution is 2.29. The van der Waals surface area contributed by atoms with Crippen LogP contribution >= 0.6 is 23.2 Å². The van der Waals surface area contributed by atoms with Gasteiger partial charge in [0.15, 0.2) is 6.10 Å². The van der Waals surface area contributed by atoms with E-state index in [1.165, 1.54) is 12.1 Å². The second kappa shape index (κ2) is 8.07. The lowest BCUT2D eigenvalue weighted by molar-refractivity contribution is -0.129. The third-order valence-corrected chi connectivity index (χ3v) is 4.36. The summed E-state index contributed by atoms with van der Waals surface area (Å²) in [5.74, 6) is -0.200. The number of nitrogens with one attached hydrogen (secondary N) is 1. The van der Waals surface area contributed by atoms with Gasteiger partial charge >= 0.3 is 0 Å². The maximum absolute atomic E-state index is 13.1. The lowest BCUT2D eigenvalue weighted by Gasteiger charge is -2.29. The molecule has 6 heteroatoms. The van der Waals surface area contributed by atoms with E-state index >= 15 is 0 Å². The minimum Gasteiger partial charge on any atom is -0.479 e. The van der Waals surface area contributed by atoms with Crippen LogP contribution in [0, 0.1) is 5.82 Å². The van der Waals surface area contributed by atoms with Crippen molar-refractivity contribution in [1.82, 2.24) is 5.32 Å². The molecule has 0 spiro atoms. The van der Waals surface area contributed by atoms with Gasteiger partial charge in [0.2, 0.25) is 0 Å². The number of carbonyl (C=O) groups is 1. The van der Waals surface area contributed by atoms with Crippen LogP contribution in [0.2, 0.25) is 10.0 Å². The SMILES string of the molecule is CCC(Oc1ccc(Cl)cc1Cl)C(=O)NC(C)(C)c1ccc(F)cc1. The average Bonchev–Trinajstić information content (AvgIpc) is 2.54. The van der Waals surface area contributed by atoms with Gasteiger partial charge in [-0.25, -0.2) is 4.39 Å². The Morgan fingerprint density at radius 1 is 1.20 bits per heavy atom. The van der Waals surface area contributed by atoms with Crippen LogP contribution in [0.3, 0.4) is 0 Å². The van der Waals surface area contributed by atoms with E-state index in [-0.39, 0.29) is 11.7 Å². The molecule has 134 valence electrons. The van der Waals surface area contributed by atoms with Gasteiger partial charge < -0.3 is 10.1 Å². The third kappa shape index (κ3) is 5.10. The van der Waals surface area contributed by atoms with Crippen molar-refractivity contribution in [2.24, 2.45) is 0 Å². The molecule has 3 nitrogen and oxygen atoms in total. The summed E-state index contributed by atoms with van der Waals surface area (Å²) < 4.78 is 18.8. The van der Waals surface area contributed by atoms with E-state index in [0.717, 1.165) is 5.56 Å². The van der Waals surface area contributed by atoms with E-state index in [0.29, 0.717) is 22.2 Å². The average molecular weight is 384 g/mol.